The van der Waals surface area contributed by atoms with E-state index in [1.807, 2.05) is 0 Å². The minimum atomic E-state index is 0.185. The van der Waals surface area contributed by atoms with Gasteiger partial charge >= 0.3 is 0 Å². The van der Waals surface area contributed by atoms with Crippen molar-refractivity contribution in [1.29, 1.82) is 0 Å². The van der Waals surface area contributed by atoms with Crippen molar-refractivity contribution >= 4 is 5.69 Å². The topological polar surface area (TPSA) is 38.5 Å². The summed E-state index contributed by atoms with van der Waals surface area (Å²) in [6.07, 6.45) is 1.05. The minimum Gasteiger partial charge on any atom is -0.379 e. The number of hydrogen-bond donors (Lipinski definition) is 1. The monoisotopic (exact) mass is 248 g/mol. The Balaban J connectivity index is 2.22. The summed E-state index contributed by atoms with van der Waals surface area (Å²) in [6.45, 7) is 4.69. The fourth-order valence-corrected chi connectivity index (χ4v) is 2.68. The summed E-state index contributed by atoms with van der Waals surface area (Å²) in [6, 6.07) is 8.85. The largest absolute Gasteiger partial charge is 0.379 e. The predicted molar refractivity (Wildman–Crippen MR) is 76.1 cm³/mol. The van der Waals surface area contributed by atoms with Gasteiger partial charge in [-0.3, -0.25) is 0 Å². The first-order valence-electron chi connectivity index (χ1n) is 6.66. The average Bonchev–Trinajstić information content (AvgIpc) is 2.28. The lowest BCUT2D eigenvalue weighted by Gasteiger charge is -2.46. The summed E-state index contributed by atoms with van der Waals surface area (Å²) in [4.78, 5) is 2.12. The van der Waals surface area contributed by atoms with Crippen molar-refractivity contribution in [1.82, 2.24) is 0 Å². The van der Waals surface area contributed by atoms with Crippen LogP contribution < -0.4 is 10.6 Å². The van der Waals surface area contributed by atoms with Crippen molar-refractivity contribution in [2.75, 3.05) is 38.8 Å². The van der Waals surface area contributed by atoms with Crippen LogP contribution in [0.15, 0.2) is 24.3 Å². The SMILES string of the molecule is CC(CCN)C1(c2ccc(N(C)C)cc2)COC1. The molecule has 1 fully saturated rings. The zero-order chi connectivity index (χ0) is 13.2. The number of rotatable bonds is 5. The molecule has 18 heavy (non-hydrogen) atoms. The van der Waals surface area contributed by atoms with Crippen molar-refractivity contribution in [3.8, 4) is 0 Å². The van der Waals surface area contributed by atoms with E-state index in [2.05, 4.69) is 50.2 Å². The highest BCUT2D eigenvalue weighted by molar-refractivity contribution is 5.48. The van der Waals surface area contributed by atoms with Gasteiger partial charge in [0.1, 0.15) is 0 Å². The number of benzene rings is 1. The van der Waals surface area contributed by atoms with E-state index in [1.165, 1.54) is 11.3 Å². The van der Waals surface area contributed by atoms with Crippen LogP contribution in [-0.4, -0.2) is 33.9 Å². The molecule has 1 aromatic carbocycles. The number of ether oxygens (including phenoxy) is 1. The van der Waals surface area contributed by atoms with E-state index in [9.17, 15) is 0 Å². The molecule has 100 valence electrons. The third kappa shape index (κ3) is 2.25. The Morgan fingerprint density at radius 2 is 1.89 bits per heavy atom. The molecule has 0 amide bonds. The van der Waals surface area contributed by atoms with Gasteiger partial charge < -0.3 is 15.4 Å². The van der Waals surface area contributed by atoms with E-state index in [1.54, 1.807) is 0 Å². The molecule has 3 heteroatoms. The lowest BCUT2D eigenvalue weighted by Crippen LogP contribution is -2.52. The molecule has 0 bridgehead atoms. The van der Waals surface area contributed by atoms with Crippen LogP contribution in [0.2, 0.25) is 0 Å². The zero-order valence-electron chi connectivity index (χ0n) is 11.6. The highest BCUT2D eigenvalue weighted by atomic mass is 16.5. The van der Waals surface area contributed by atoms with Gasteiger partial charge in [-0.15, -0.1) is 0 Å². The molecule has 0 radical (unpaired) electrons. The lowest BCUT2D eigenvalue weighted by molar-refractivity contribution is -0.0883. The van der Waals surface area contributed by atoms with Gasteiger partial charge in [-0.25, -0.2) is 0 Å². The molecular formula is C15H24N2O. The van der Waals surface area contributed by atoms with Gasteiger partial charge in [0.05, 0.1) is 13.2 Å². The van der Waals surface area contributed by atoms with E-state index in [-0.39, 0.29) is 5.41 Å². The summed E-state index contributed by atoms with van der Waals surface area (Å²) in [5.74, 6) is 0.571. The van der Waals surface area contributed by atoms with Gasteiger partial charge in [0.2, 0.25) is 0 Å². The standard InChI is InChI=1S/C15H24N2O/c1-12(8-9-16)15(10-18-11-15)13-4-6-14(7-5-13)17(2)3/h4-7,12H,8-11,16H2,1-3H3. The molecule has 2 N–H and O–H groups in total. The van der Waals surface area contributed by atoms with Gasteiger partial charge in [0, 0.05) is 25.2 Å². The third-order valence-electron chi connectivity index (χ3n) is 4.22. The van der Waals surface area contributed by atoms with Gasteiger partial charge in [-0.05, 0) is 36.6 Å². The minimum absolute atomic E-state index is 0.185. The first kappa shape index (κ1) is 13.4. The third-order valence-corrected chi connectivity index (χ3v) is 4.22. The Labute approximate surface area is 110 Å². The van der Waals surface area contributed by atoms with E-state index >= 15 is 0 Å². The van der Waals surface area contributed by atoms with E-state index in [0.717, 1.165) is 26.2 Å². The van der Waals surface area contributed by atoms with Crippen molar-refractivity contribution in [3.05, 3.63) is 29.8 Å². The maximum Gasteiger partial charge on any atom is 0.0588 e. The van der Waals surface area contributed by atoms with E-state index in [4.69, 9.17) is 10.5 Å². The summed E-state index contributed by atoms with van der Waals surface area (Å²) in [5.41, 5.74) is 8.51. The van der Waals surface area contributed by atoms with Crippen LogP contribution in [0.25, 0.3) is 0 Å². The first-order valence-corrected chi connectivity index (χ1v) is 6.66. The second-order valence-electron chi connectivity index (χ2n) is 5.57. The zero-order valence-corrected chi connectivity index (χ0v) is 11.6. The Bertz CT molecular complexity index is 382. The van der Waals surface area contributed by atoms with Crippen LogP contribution in [0.3, 0.4) is 0 Å². The quantitative estimate of drug-likeness (QED) is 0.866. The second kappa shape index (κ2) is 5.29. The second-order valence-corrected chi connectivity index (χ2v) is 5.57. The molecule has 0 aliphatic carbocycles. The fourth-order valence-electron chi connectivity index (χ4n) is 2.68. The average molecular weight is 248 g/mol. The molecule has 1 heterocycles. The molecule has 1 unspecified atom stereocenters. The molecule has 0 saturated carbocycles. The summed E-state index contributed by atoms with van der Waals surface area (Å²) >= 11 is 0. The maximum atomic E-state index is 5.70. The number of nitrogens with two attached hydrogens (primary N) is 1. The molecule has 1 aliphatic rings. The highest BCUT2D eigenvalue weighted by Crippen LogP contribution is 2.41. The Hall–Kier alpha value is -1.06. The van der Waals surface area contributed by atoms with Gasteiger partial charge in [0.25, 0.3) is 0 Å². The molecule has 0 aromatic heterocycles. The Kier molecular flexibility index (Phi) is 3.93. The molecule has 0 spiro atoms. The number of anilines is 1. The van der Waals surface area contributed by atoms with Gasteiger partial charge in [-0.1, -0.05) is 19.1 Å². The maximum absolute atomic E-state index is 5.70. The molecule has 2 rings (SSSR count). The molecule has 1 saturated heterocycles. The summed E-state index contributed by atoms with van der Waals surface area (Å²) in [5, 5.41) is 0. The van der Waals surface area contributed by atoms with Crippen LogP contribution in [0.4, 0.5) is 5.69 Å². The van der Waals surface area contributed by atoms with Crippen LogP contribution in [0.1, 0.15) is 18.9 Å². The van der Waals surface area contributed by atoms with Crippen molar-refractivity contribution in [3.63, 3.8) is 0 Å². The van der Waals surface area contributed by atoms with E-state index < -0.39 is 0 Å². The normalized spacial score (nSPS) is 19.1. The van der Waals surface area contributed by atoms with Crippen molar-refractivity contribution in [2.24, 2.45) is 11.7 Å². The van der Waals surface area contributed by atoms with Crippen LogP contribution in [0.5, 0.6) is 0 Å². The Morgan fingerprint density at radius 3 is 2.28 bits per heavy atom. The lowest BCUT2D eigenvalue weighted by atomic mass is 9.68. The number of hydrogen-bond acceptors (Lipinski definition) is 3. The first-order chi connectivity index (χ1) is 8.60. The van der Waals surface area contributed by atoms with Crippen molar-refractivity contribution < 1.29 is 4.74 Å². The van der Waals surface area contributed by atoms with Gasteiger partial charge in [0.15, 0.2) is 0 Å². The highest BCUT2D eigenvalue weighted by Gasteiger charge is 2.44. The molecule has 1 atom stereocenters. The molecular weight excluding hydrogens is 224 g/mol. The predicted octanol–water partition coefficient (Wildman–Crippen LogP) is 2.01. The Morgan fingerprint density at radius 1 is 1.28 bits per heavy atom. The molecule has 3 nitrogen and oxygen atoms in total. The van der Waals surface area contributed by atoms with Crippen LogP contribution in [0, 0.1) is 5.92 Å². The molecule has 1 aromatic rings. The summed E-state index contributed by atoms with van der Waals surface area (Å²) in [7, 11) is 4.13. The number of nitrogens with zero attached hydrogens (tertiary/aromatic N) is 1. The summed E-state index contributed by atoms with van der Waals surface area (Å²) < 4.78 is 5.49. The molecule has 1 aliphatic heterocycles. The smallest absolute Gasteiger partial charge is 0.0588 e. The van der Waals surface area contributed by atoms with Crippen LogP contribution in [-0.2, 0) is 10.2 Å². The van der Waals surface area contributed by atoms with E-state index in [0.29, 0.717) is 5.92 Å². The van der Waals surface area contributed by atoms with Crippen LogP contribution >= 0.6 is 0 Å². The van der Waals surface area contributed by atoms with Crippen molar-refractivity contribution in [2.45, 2.75) is 18.8 Å². The van der Waals surface area contributed by atoms with Gasteiger partial charge in [-0.2, -0.15) is 0 Å². The fraction of sp³-hybridized carbons (Fsp3) is 0.600.